The highest BCUT2D eigenvalue weighted by Crippen LogP contribution is 2.42. The third-order valence-electron chi connectivity index (χ3n) is 6.32. The molecule has 2 aliphatic heterocycles. The molecule has 3 aliphatic rings. The lowest BCUT2D eigenvalue weighted by atomic mass is 9.93. The van der Waals surface area contributed by atoms with Crippen molar-refractivity contribution in [3.8, 4) is 11.5 Å². The van der Waals surface area contributed by atoms with Crippen LogP contribution in [0.2, 0.25) is 0 Å². The van der Waals surface area contributed by atoms with Gasteiger partial charge < -0.3 is 19.7 Å². The van der Waals surface area contributed by atoms with Crippen molar-refractivity contribution in [1.29, 1.82) is 0 Å². The highest BCUT2D eigenvalue weighted by Gasteiger charge is 2.46. The molecule has 7 heteroatoms. The number of hydrogen-bond acceptors (Lipinski definition) is 4. The van der Waals surface area contributed by atoms with Crippen molar-refractivity contribution in [2.24, 2.45) is 0 Å². The molecular weight excluding hydrogens is 382 g/mol. The number of urea groups is 1. The van der Waals surface area contributed by atoms with Crippen molar-refractivity contribution in [2.45, 2.75) is 44.2 Å². The monoisotopic (exact) mass is 411 g/mol. The summed E-state index contributed by atoms with van der Waals surface area (Å²) >= 11 is 0. The maximum absolute atomic E-state index is 13.6. The van der Waals surface area contributed by atoms with Crippen molar-refractivity contribution in [2.75, 3.05) is 27.3 Å². The Kier molecular flexibility index (Phi) is 5.70. The smallest absolute Gasteiger partial charge is 0.322 e. The van der Waals surface area contributed by atoms with Crippen LogP contribution in [-0.2, 0) is 4.79 Å². The number of benzene rings is 1. The maximum Gasteiger partial charge on any atom is 0.322 e. The molecule has 7 nitrogen and oxygen atoms in total. The first-order valence-corrected chi connectivity index (χ1v) is 10.5. The number of carbonyl (C=O) groups excluding carboxylic acids is 2. The maximum atomic E-state index is 13.6. The molecule has 160 valence electrons. The van der Waals surface area contributed by atoms with Crippen molar-refractivity contribution in [3.05, 3.63) is 47.7 Å². The largest absolute Gasteiger partial charge is 0.497 e. The topological polar surface area (TPSA) is 71.1 Å². The summed E-state index contributed by atoms with van der Waals surface area (Å²) in [7, 11) is 3.17. The molecule has 1 atom stereocenters. The Bertz CT molecular complexity index is 888. The first kappa shape index (κ1) is 20.3. The van der Waals surface area contributed by atoms with Crippen molar-refractivity contribution in [1.82, 2.24) is 15.1 Å². The minimum absolute atomic E-state index is 0.000773. The molecule has 0 aromatic heterocycles. The second kappa shape index (κ2) is 8.42. The van der Waals surface area contributed by atoms with Gasteiger partial charge in [0.25, 0.3) is 5.91 Å². The van der Waals surface area contributed by atoms with Crippen molar-refractivity contribution < 1.29 is 19.1 Å². The van der Waals surface area contributed by atoms with Crippen LogP contribution in [0.3, 0.4) is 0 Å². The van der Waals surface area contributed by atoms with Gasteiger partial charge in [0.15, 0.2) is 0 Å². The lowest BCUT2D eigenvalue weighted by Crippen LogP contribution is -2.47. The summed E-state index contributed by atoms with van der Waals surface area (Å²) in [6, 6.07) is 4.84. The summed E-state index contributed by atoms with van der Waals surface area (Å²) in [6.45, 7) is 4.60. The number of hydrogen-bond donors (Lipinski definition) is 1. The summed E-state index contributed by atoms with van der Waals surface area (Å²) in [4.78, 5) is 30.2. The van der Waals surface area contributed by atoms with Crippen LogP contribution in [0, 0.1) is 0 Å². The average molecular weight is 412 g/mol. The van der Waals surface area contributed by atoms with Crippen LogP contribution in [0.25, 0.3) is 0 Å². The van der Waals surface area contributed by atoms with Crippen molar-refractivity contribution >= 4 is 11.9 Å². The number of nitrogens with zero attached hydrogens (tertiary/aromatic N) is 2. The van der Waals surface area contributed by atoms with E-state index in [1.165, 1.54) is 6.42 Å². The van der Waals surface area contributed by atoms with Gasteiger partial charge in [0.2, 0.25) is 0 Å². The molecular formula is C23H29N3O4. The number of ether oxygens (including phenoxy) is 2. The molecule has 4 rings (SSSR count). The Labute approximate surface area is 177 Å². The third-order valence-corrected chi connectivity index (χ3v) is 6.32. The van der Waals surface area contributed by atoms with Crippen LogP contribution in [0.5, 0.6) is 11.5 Å². The minimum Gasteiger partial charge on any atom is -0.497 e. The van der Waals surface area contributed by atoms with Gasteiger partial charge in [0, 0.05) is 18.2 Å². The predicted molar refractivity (Wildman–Crippen MR) is 113 cm³/mol. The van der Waals surface area contributed by atoms with Gasteiger partial charge in [0.05, 0.1) is 38.1 Å². The standard InChI is InChI=1S/C23H29N3O4/c1-4-12-25-18-14-26(15-8-6-5-7-9-15)22(27)20(18)21(24-23(25)28)17-13-16(29-2)10-11-19(17)30-3/h4,10-11,13,15,21H,1,5-9,12,14H2,2-3H3,(H,24,28)/t21-/m1/s1. The molecule has 0 unspecified atom stereocenters. The molecule has 30 heavy (non-hydrogen) atoms. The van der Waals surface area contributed by atoms with Gasteiger partial charge in [-0.3, -0.25) is 9.69 Å². The van der Waals surface area contributed by atoms with E-state index in [4.69, 9.17) is 9.47 Å². The fraction of sp³-hybridized carbons (Fsp3) is 0.478. The number of amides is 3. The number of rotatable bonds is 6. The molecule has 1 N–H and O–H groups in total. The Morgan fingerprint density at radius 1 is 1.17 bits per heavy atom. The quantitative estimate of drug-likeness (QED) is 0.729. The Hall–Kier alpha value is -2.96. The Morgan fingerprint density at radius 2 is 1.93 bits per heavy atom. The summed E-state index contributed by atoms with van der Waals surface area (Å²) < 4.78 is 10.9. The Balaban J connectivity index is 1.78. The van der Waals surface area contributed by atoms with Crippen LogP contribution in [0.4, 0.5) is 4.79 Å². The van der Waals surface area contributed by atoms with E-state index in [1.807, 2.05) is 11.0 Å². The summed E-state index contributed by atoms with van der Waals surface area (Å²) in [6.07, 6.45) is 7.21. The fourth-order valence-corrected chi connectivity index (χ4v) is 4.82. The first-order valence-electron chi connectivity index (χ1n) is 10.5. The van der Waals surface area contributed by atoms with Gasteiger partial charge in [-0.25, -0.2) is 4.79 Å². The zero-order chi connectivity index (χ0) is 21.3. The fourth-order valence-electron chi connectivity index (χ4n) is 4.82. The zero-order valence-corrected chi connectivity index (χ0v) is 17.6. The van der Waals surface area contributed by atoms with Gasteiger partial charge in [-0.15, -0.1) is 6.58 Å². The molecule has 1 aliphatic carbocycles. The number of nitrogens with one attached hydrogen (secondary N) is 1. The average Bonchev–Trinajstić information content (AvgIpc) is 3.12. The van der Waals surface area contributed by atoms with Crippen LogP contribution in [0.15, 0.2) is 42.1 Å². The van der Waals surface area contributed by atoms with Crippen molar-refractivity contribution in [3.63, 3.8) is 0 Å². The lowest BCUT2D eigenvalue weighted by Gasteiger charge is -2.33. The van der Waals surface area contributed by atoms with Crippen LogP contribution < -0.4 is 14.8 Å². The third kappa shape index (κ3) is 3.42. The molecule has 0 radical (unpaired) electrons. The molecule has 0 spiro atoms. The predicted octanol–water partition coefficient (Wildman–Crippen LogP) is 3.39. The SMILES string of the molecule is C=CCN1C(=O)N[C@H](c2cc(OC)ccc2OC)C2=C1CN(C1CCCCC1)C2=O. The van der Waals surface area contributed by atoms with Crippen LogP contribution in [-0.4, -0.2) is 55.1 Å². The normalized spacial score (nSPS) is 22.1. The zero-order valence-electron chi connectivity index (χ0n) is 17.6. The minimum atomic E-state index is -0.584. The van der Waals surface area contributed by atoms with Crippen LogP contribution >= 0.6 is 0 Å². The first-order chi connectivity index (χ1) is 14.6. The van der Waals surface area contributed by atoms with E-state index in [9.17, 15) is 9.59 Å². The van der Waals surface area contributed by atoms with Gasteiger partial charge in [-0.05, 0) is 31.0 Å². The van der Waals surface area contributed by atoms with E-state index in [2.05, 4.69) is 11.9 Å². The molecule has 1 fully saturated rings. The summed E-state index contributed by atoms with van der Waals surface area (Å²) in [5, 5.41) is 3.02. The van der Waals surface area contributed by atoms with Gasteiger partial charge in [-0.2, -0.15) is 0 Å². The molecule has 1 aromatic carbocycles. The van der Waals surface area contributed by atoms with E-state index in [0.717, 1.165) is 36.9 Å². The summed E-state index contributed by atoms with van der Waals surface area (Å²) in [5.74, 6) is 1.25. The molecule has 0 saturated heterocycles. The molecule has 0 bridgehead atoms. The molecule has 2 heterocycles. The highest BCUT2D eigenvalue weighted by atomic mass is 16.5. The van der Waals surface area contributed by atoms with E-state index in [0.29, 0.717) is 30.2 Å². The second-order valence-electron chi connectivity index (χ2n) is 7.97. The number of methoxy groups -OCH3 is 2. The van der Waals surface area contributed by atoms with E-state index < -0.39 is 6.04 Å². The van der Waals surface area contributed by atoms with Crippen LogP contribution in [0.1, 0.15) is 43.7 Å². The van der Waals surface area contributed by atoms with E-state index in [-0.39, 0.29) is 18.0 Å². The highest BCUT2D eigenvalue weighted by molar-refractivity contribution is 6.01. The van der Waals surface area contributed by atoms with Gasteiger partial charge >= 0.3 is 6.03 Å². The molecule has 1 aromatic rings. The molecule has 3 amide bonds. The lowest BCUT2D eigenvalue weighted by molar-refractivity contribution is -0.128. The molecule has 1 saturated carbocycles. The number of carbonyl (C=O) groups is 2. The van der Waals surface area contributed by atoms with Gasteiger partial charge in [0.1, 0.15) is 11.5 Å². The summed E-state index contributed by atoms with van der Waals surface area (Å²) in [5.41, 5.74) is 2.10. The Morgan fingerprint density at radius 3 is 2.60 bits per heavy atom. The van der Waals surface area contributed by atoms with E-state index in [1.54, 1.807) is 37.3 Å². The van der Waals surface area contributed by atoms with E-state index >= 15 is 0 Å². The second-order valence-corrected chi connectivity index (χ2v) is 7.97. The van der Waals surface area contributed by atoms with Gasteiger partial charge in [-0.1, -0.05) is 25.3 Å².